The summed E-state index contributed by atoms with van der Waals surface area (Å²) in [6.07, 6.45) is 9.06. The third-order valence-electron chi connectivity index (χ3n) is 4.43. The predicted octanol–water partition coefficient (Wildman–Crippen LogP) is 1.00. The highest BCUT2D eigenvalue weighted by Crippen LogP contribution is 2.36. The van der Waals surface area contributed by atoms with Crippen molar-refractivity contribution in [3.8, 4) is 0 Å². The summed E-state index contributed by atoms with van der Waals surface area (Å²) in [7, 11) is 0. The van der Waals surface area contributed by atoms with Gasteiger partial charge in [0.25, 0.3) is 0 Å². The van der Waals surface area contributed by atoms with Crippen molar-refractivity contribution in [2.45, 2.75) is 51.2 Å². The molecule has 2 fully saturated rings. The molecule has 2 N–H and O–H groups in total. The van der Waals surface area contributed by atoms with Crippen LogP contribution in [-0.2, 0) is 13.1 Å². The van der Waals surface area contributed by atoms with Crippen molar-refractivity contribution < 1.29 is 0 Å². The average Bonchev–Trinajstić information content (AvgIpc) is 2.99. The molecule has 5 heteroatoms. The first-order valence-corrected chi connectivity index (χ1v) is 7.20. The van der Waals surface area contributed by atoms with Gasteiger partial charge in [0, 0.05) is 25.3 Å². The second-order valence-corrected chi connectivity index (χ2v) is 5.63. The maximum Gasteiger partial charge on any atom is 0.0967 e. The van der Waals surface area contributed by atoms with Crippen LogP contribution in [0.15, 0.2) is 6.20 Å². The first-order valence-electron chi connectivity index (χ1n) is 7.20. The Morgan fingerprint density at radius 1 is 1.28 bits per heavy atom. The van der Waals surface area contributed by atoms with Crippen molar-refractivity contribution in [3.05, 3.63) is 11.9 Å². The van der Waals surface area contributed by atoms with Crippen molar-refractivity contribution in [1.29, 1.82) is 0 Å². The fourth-order valence-corrected chi connectivity index (χ4v) is 3.56. The number of nitrogens with zero attached hydrogens (tertiary/aromatic N) is 4. The van der Waals surface area contributed by atoms with Crippen molar-refractivity contribution in [2.24, 2.45) is 11.7 Å². The van der Waals surface area contributed by atoms with Gasteiger partial charge in [0.05, 0.1) is 12.2 Å². The number of aromatic nitrogens is 3. The van der Waals surface area contributed by atoms with E-state index in [1.165, 1.54) is 38.6 Å². The number of rotatable bonds is 4. The molecule has 5 nitrogen and oxygen atoms in total. The van der Waals surface area contributed by atoms with Crippen molar-refractivity contribution in [2.75, 3.05) is 13.1 Å². The molecule has 0 amide bonds. The lowest BCUT2D eigenvalue weighted by Crippen LogP contribution is -2.34. The normalized spacial score (nSPS) is 28.5. The van der Waals surface area contributed by atoms with Gasteiger partial charge in [-0.25, -0.2) is 0 Å². The Labute approximate surface area is 108 Å². The molecule has 0 aromatic carbocycles. The third-order valence-corrected chi connectivity index (χ3v) is 4.43. The summed E-state index contributed by atoms with van der Waals surface area (Å²) >= 11 is 0. The fraction of sp³-hybridized carbons (Fsp3) is 0.846. The van der Waals surface area contributed by atoms with Gasteiger partial charge in [0.2, 0.25) is 0 Å². The lowest BCUT2D eigenvalue weighted by Gasteiger charge is -2.31. The van der Waals surface area contributed by atoms with E-state index in [4.69, 9.17) is 5.73 Å². The molecule has 0 bridgehead atoms. The molecule has 1 aliphatic carbocycles. The predicted molar refractivity (Wildman–Crippen MR) is 69.8 cm³/mol. The van der Waals surface area contributed by atoms with Crippen molar-refractivity contribution >= 4 is 0 Å². The Morgan fingerprint density at radius 3 is 3.06 bits per heavy atom. The minimum Gasteiger partial charge on any atom is -0.329 e. The molecule has 18 heavy (non-hydrogen) atoms. The van der Waals surface area contributed by atoms with E-state index < -0.39 is 0 Å². The molecule has 2 heterocycles. The van der Waals surface area contributed by atoms with Gasteiger partial charge in [-0.2, -0.15) is 0 Å². The fourth-order valence-electron chi connectivity index (χ4n) is 3.56. The van der Waals surface area contributed by atoms with E-state index in [1.807, 2.05) is 10.9 Å². The minimum atomic E-state index is 0.622. The summed E-state index contributed by atoms with van der Waals surface area (Å²) < 4.78 is 1.85. The third kappa shape index (κ3) is 2.42. The van der Waals surface area contributed by atoms with Gasteiger partial charge in [-0.15, -0.1) is 5.10 Å². The molecule has 0 spiro atoms. The molecule has 2 atom stereocenters. The van der Waals surface area contributed by atoms with Crippen LogP contribution in [0.25, 0.3) is 0 Å². The van der Waals surface area contributed by atoms with Gasteiger partial charge in [0.1, 0.15) is 0 Å². The monoisotopic (exact) mass is 249 g/mol. The molecule has 2 aliphatic rings. The van der Waals surface area contributed by atoms with Crippen LogP contribution in [0.3, 0.4) is 0 Å². The SMILES string of the molecule is NCCn1cc(CN2CCC3CCCCC32)nn1. The maximum atomic E-state index is 5.52. The molecule has 2 unspecified atom stereocenters. The summed E-state index contributed by atoms with van der Waals surface area (Å²) in [5.41, 5.74) is 6.61. The van der Waals surface area contributed by atoms with Crippen LogP contribution < -0.4 is 5.73 Å². The van der Waals surface area contributed by atoms with E-state index in [2.05, 4.69) is 15.2 Å². The van der Waals surface area contributed by atoms with E-state index in [0.29, 0.717) is 6.54 Å². The van der Waals surface area contributed by atoms with E-state index >= 15 is 0 Å². The summed E-state index contributed by atoms with van der Waals surface area (Å²) in [5, 5.41) is 8.36. The molecule has 1 saturated carbocycles. The Kier molecular flexibility index (Phi) is 3.61. The van der Waals surface area contributed by atoms with Crippen LogP contribution in [0.1, 0.15) is 37.8 Å². The Hall–Kier alpha value is -0.940. The van der Waals surface area contributed by atoms with Gasteiger partial charge in [-0.1, -0.05) is 18.1 Å². The highest BCUT2D eigenvalue weighted by atomic mass is 15.4. The largest absolute Gasteiger partial charge is 0.329 e. The Bertz CT molecular complexity index is 388. The second-order valence-electron chi connectivity index (χ2n) is 5.63. The number of hydrogen-bond acceptors (Lipinski definition) is 4. The summed E-state index contributed by atoms with van der Waals surface area (Å²) in [5.74, 6) is 0.942. The Morgan fingerprint density at radius 2 is 2.17 bits per heavy atom. The molecule has 100 valence electrons. The van der Waals surface area contributed by atoms with Crippen molar-refractivity contribution in [1.82, 2.24) is 19.9 Å². The van der Waals surface area contributed by atoms with E-state index in [9.17, 15) is 0 Å². The van der Waals surface area contributed by atoms with Crippen LogP contribution in [-0.4, -0.2) is 39.0 Å². The average molecular weight is 249 g/mol. The smallest absolute Gasteiger partial charge is 0.0967 e. The summed E-state index contributed by atoms with van der Waals surface area (Å²) in [6, 6.07) is 0.804. The van der Waals surface area contributed by atoms with E-state index in [-0.39, 0.29) is 0 Å². The summed E-state index contributed by atoms with van der Waals surface area (Å²) in [4.78, 5) is 2.61. The first kappa shape index (κ1) is 12.1. The molecular formula is C13H23N5. The zero-order valence-electron chi connectivity index (χ0n) is 11.0. The van der Waals surface area contributed by atoms with Gasteiger partial charge in [0.15, 0.2) is 0 Å². The molecule has 3 rings (SSSR count). The highest BCUT2D eigenvalue weighted by Gasteiger charge is 2.35. The highest BCUT2D eigenvalue weighted by molar-refractivity contribution is 4.97. The minimum absolute atomic E-state index is 0.622. The zero-order chi connectivity index (χ0) is 12.4. The quantitative estimate of drug-likeness (QED) is 0.865. The molecule has 1 saturated heterocycles. The molecule has 0 radical (unpaired) electrons. The number of fused-ring (bicyclic) bond motifs is 1. The lowest BCUT2D eigenvalue weighted by atomic mass is 9.85. The Balaban J connectivity index is 1.61. The second kappa shape index (κ2) is 5.36. The number of nitrogens with two attached hydrogens (primary N) is 1. The van der Waals surface area contributed by atoms with Gasteiger partial charge < -0.3 is 5.73 Å². The topological polar surface area (TPSA) is 60.0 Å². The van der Waals surface area contributed by atoms with Crippen LogP contribution >= 0.6 is 0 Å². The van der Waals surface area contributed by atoms with Crippen LogP contribution in [0.4, 0.5) is 0 Å². The van der Waals surface area contributed by atoms with Crippen LogP contribution in [0.5, 0.6) is 0 Å². The molecule has 1 aromatic rings. The van der Waals surface area contributed by atoms with Gasteiger partial charge in [-0.3, -0.25) is 9.58 Å². The lowest BCUT2D eigenvalue weighted by molar-refractivity contribution is 0.174. The zero-order valence-corrected chi connectivity index (χ0v) is 11.0. The maximum absolute atomic E-state index is 5.52. The summed E-state index contributed by atoms with van der Waals surface area (Å²) in [6.45, 7) is 3.58. The van der Waals surface area contributed by atoms with Gasteiger partial charge >= 0.3 is 0 Å². The van der Waals surface area contributed by atoms with Crippen LogP contribution in [0.2, 0.25) is 0 Å². The van der Waals surface area contributed by atoms with Crippen molar-refractivity contribution in [3.63, 3.8) is 0 Å². The van der Waals surface area contributed by atoms with Gasteiger partial charge in [-0.05, 0) is 31.7 Å². The molecular weight excluding hydrogens is 226 g/mol. The first-order chi connectivity index (χ1) is 8.86. The van der Waals surface area contributed by atoms with Crippen LogP contribution in [0, 0.1) is 5.92 Å². The number of likely N-dealkylation sites (tertiary alicyclic amines) is 1. The van der Waals surface area contributed by atoms with E-state index in [0.717, 1.165) is 30.7 Å². The molecule has 1 aliphatic heterocycles. The molecule has 1 aromatic heterocycles. The number of hydrogen-bond donors (Lipinski definition) is 1. The standard InChI is InChI=1S/C13H23N5/c14-6-8-18-10-12(15-16-18)9-17-7-5-11-3-1-2-4-13(11)17/h10-11,13H,1-9,14H2. The van der Waals surface area contributed by atoms with E-state index in [1.54, 1.807) is 0 Å².